The Kier molecular flexibility index (Phi) is 4.39. The average Bonchev–Trinajstić information content (AvgIpc) is 2.54. The fraction of sp³-hybridized carbons (Fsp3) is 0.211. The van der Waals surface area contributed by atoms with Crippen LogP contribution >= 0.6 is 0 Å². The van der Waals surface area contributed by atoms with Gasteiger partial charge in [0.2, 0.25) is 0 Å². The van der Waals surface area contributed by atoms with E-state index in [1.54, 1.807) is 0 Å². The Morgan fingerprint density at radius 2 is 1.68 bits per heavy atom. The maximum Gasteiger partial charge on any atom is 0.299 e. The van der Waals surface area contributed by atoms with Crippen LogP contribution in [0.2, 0.25) is 0 Å². The highest BCUT2D eigenvalue weighted by molar-refractivity contribution is 7.67. The van der Waals surface area contributed by atoms with E-state index in [9.17, 15) is 13.2 Å². The summed E-state index contributed by atoms with van der Waals surface area (Å²) in [7, 11) is -3.01. The Bertz CT molecular complexity index is 1050. The largest absolute Gasteiger partial charge is 0.463 e. The topological polar surface area (TPSA) is 73.6 Å². The fourth-order valence-corrected chi connectivity index (χ4v) is 2.89. The van der Waals surface area contributed by atoms with Crippen LogP contribution in [0.25, 0.3) is 22.1 Å². The van der Waals surface area contributed by atoms with Gasteiger partial charge in [-0.15, -0.1) is 0 Å². The molecule has 0 aliphatic carbocycles. The van der Waals surface area contributed by atoms with Crippen molar-refractivity contribution in [3.63, 3.8) is 0 Å². The second-order valence-electron chi connectivity index (χ2n) is 6.78. The zero-order valence-electron chi connectivity index (χ0n) is 14.1. The normalized spacial score (nSPS) is 11.8. The summed E-state index contributed by atoms with van der Waals surface area (Å²) < 4.78 is 31.4. The summed E-state index contributed by atoms with van der Waals surface area (Å²) in [4.78, 5) is 12.7. The summed E-state index contributed by atoms with van der Waals surface area (Å²) in [6.07, 6.45) is 1.39. The molecule has 3 aromatic rings. The van der Waals surface area contributed by atoms with Crippen LogP contribution in [0.1, 0.15) is 26.3 Å². The molecule has 0 atom stereocenters. The van der Waals surface area contributed by atoms with Crippen LogP contribution in [0, 0.1) is 0 Å². The highest BCUT2D eigenvalue weighted by Gasteiger charge is 2.15. The zero-order chi connectivity index (χ0) is 18.2. The van der Waals surface area contributed by atoms with Crippen molar-refractivity contribution in [3.05, 3.63) is 64.5 Å². The molecule has 0 aliphatic rings. The highest BCUT2D eigenvalue weighted by Crippen LogP contribution is 2.26. The maximum absolute atomic E-state index is 12.7. The molecule has 1 aromatic heterocycles. The molecular weight excluding hydrogens is 340 g/mol. The second kappa shape index (κ2) is 6.37. The third kappa shape index (κ3) is 3.58. The van der Waals surface area contributed by atoms with E-state index >= 15 is 0 Å². The summed E-state index contributed by atoms with van der Waals surface area (Å²) in [6, 6.07) is 12.1. The van der Waals surface area contributed by atoms with Crippen molar-refractivity contribution in [2.75, 3.05) is 0 Å². The first-order chi connectivity index (χ1) is 11.8. The minimum atomic E-state index is -3.01. The van der Waals surface area contributed by atoms with Gasteiger partial charge in [0.15, 0.2) is 5.43 Å². The van der Waals surface area contributed by atoms with E-state index in [0.717, 1.165) is 5.56 Å². The summed E-state index contributed by atoms with van der Waals surface area (Å²) in [5.74, 6) is 0.106. The van der Waals surface area contributed by atoms with Crippen molar-refractivity contribution < 1.29 is 17.0 Å². The quantitative estimate of drug-likeness (QED) is 0.723. The predicted octanol–water partition coefficient (Wildman–Crippen LogP) is 3.66. The molecule has 0 spiro atoms. The molecule has 130 valence electrons. The molecule has 0 fully saturated rings. The zero-order valence-corrected chi connectivity index (χ0v) is 15.0. The lowest BCUT2D eigenvalue weighted by molar-refractivity contribution is 0.510. The van der Waals surface area contributed by atoms with Crippen molar-refractivity contribution >= 4 is 22.0 Å². The molecule has 0 aliphatic heterocycles. The number of fused-ring (bicyclic) bond motifs is 1. The van der Waals surface area contributed by atoms with Gasteiger partial charge in [0.1, 0.15) is 17.6 Å². The maximum atomic E-state index is 12.7. The lowest BCUT2D eigenvalue weighted by Gasteiger charge is -2.19. The van der Waals surface area contributed by atoms with Crippen LogP contribution in [-0.4, -0.2) is 8.42 Å². The molecule has 0 unspecified atom stereocenters. The summed E-state index contributed by atoms with van der Waals surface area (Å²) in [5, 5.41) is 0.367. The molecule has 0 saturated heterocycles. The van der Waals surface area contributed by atoms with Gasteiger partial charge in [-0.2, -0.15) is 8.42 Å². The third-order valence-electron chi connectivity index (χ3n) is 3.99. The molecule has 1 heterocycles. The molecule has 6 heteroatoms. The molecule has 0 N–H and O–H groups in total. The van der Waals surface area contributed by atoms with Gasteiger partial charge in [0.25, 0.3) is 11.0 Å². The lowest BCUT2D eigenvalue weighted by atomic mass is 9.86. The molecule has 25 heavy (non-hydrogen) atoms. The first kappa shape index (κ1) is 17.2. The van der Waals surface area contributed by atoms with E-state index < -0.39 is 11.0 Å². The Balaban J connectivity index is 2.06. The van der Waals surface area contributed by atoms with Crippen LogP contribution < -0.4 is 9.61 Å². The Hall–Kier alpha value is -2.60. The lowest BCUT2D eigenvalue weighted by Crippen LogP contribution is -2.11. The van der Waals surface area contributed by atoms with Crippen LogP contribution in [0.5, 0.6) is 5.75 Å². The minimum absolute atomic E-state index is 0.0333. The second-order valence-corrected chi connectivity index (χ2v) is 7.41. The Morgan fingerprint density at radius 3 is 2.28 bits per heavy atom. The third-order valence-corrected chi connectivity index (χ3v) is 4.35. The van der Waals surface area contributed by atoms with Gasteiger partial charge in [-0.25, -0.2) is 0 Å². The van der Waals surface area contributed by atoms with Crippen LogP contribution in [0.3, 0.4) is 0 Å². The number of hydrogen-bond donors (Lipinski definition) is 1. The van der Waals surface area contributed by atoms with E-state index in [-0.39, 0.29) is 22.2 Å². The van der Waals surface area contributed by atoms with Gasteiger partial charge in [-0.1, -0.05) is 45.0 Å². The monoisotopic (exact) mass is 358 g/mol. The molecule has 0 radical (unpaired) electrons. The van der Waals surface area contributed by atoms with E-state index in [1.165, 1.54) is 30.0 Å². The van der Waals surface area contributed by atoms with Gasteiger partial charge >= 0.3 is 0 Å². The molecular formula is C19H18O5S. The summed E-state index contributed by atoms with van der Waals surface area (Å²) >= 11 is 0. The minimum Gasteiger partial charge on any atom is -0.463 e. The summed E-state index contributed by atoms with van der Waals surface area (Å²) in [6.45, 7) is 6.38. The molecule has 0 bridgehead atoms. The average molecular weight is 358 g/mol. The van der Waals surface area contributed by atoms with Gasteiger partial charge in [-0.3, -0.25) is 4.79 Å². The summed E-state index contributed by atoms with van der Waals surface area (Å²) in [5.41, 5.74) is 2.53. The van der Waals surface area contributed by atoms with Crippen molar-refractivity contribution in [2.45, 2.75) is 26.2 Å². The molecule has 2 aromatic carbocycles. The van der Waals surface area contributed by atoms with Gasteiger partial charge < -0.3 is 8.60 Å². The predicted molar refractivity (Wildman–Crippen MR) is 97.6 cm³/mol. The van der Waals surface area contributed by atoms with Crippen LogP contribution in [0.4, 0.5) is 0 Å². The number of thiol groups is 1. The van der Waals surface area contributed by atoms with E-state index in [4.69, 9.17) is 4.42 Å². The number of hydrogen-bond acceptors (Lipinski definition) is 5. The Morgan fingerprint density at radius 1 is 1.00 bits per heavy atom. The van der Waals surface area contributed by atoms with Crippen molar-refractivity contribution in [1.82, 2.24) is 0 Å². The Labute approximate surface area is 147 Å². The van der Waals surface area contributed by atoms with Crippen molar-refractivity contribution in [3.8, 4) is 16.9 Å². The fourth-order valence-electron chi connectivity index (χ4n) is 2.60. The van der Waals surface area contributed by atoms with Crippen molar-refractivity contribution in [2.24, 2.45) is 0 Å². The first-order valence-corrected chi connectivity index (χ1v) is 8.84. The number of rotatable bonds is 3. The molecule has 3 rings (SSSR count). The van der Waals surface area contributed by atoms with E-state index in [0.29, 0.717) is 10.9 Å². The highest BCUT2D eigenvalue weighted by atomic mass is 32.2. The van der Waals surface area contributed by atoms with Gasteiger partial charge in [-0.05, 0) is 28.7 Å². The number of benzene rings is 2. The SMILES string of the molecule is CC(C)(C)c1ccc(-c2coc3cc(O[SH](=O)=O)ccc3c2=O)cc1. The first-order valence-electron chi connectivity index (χ1n) is 7.74. The molecule has 0 saturated carbocycles. The smallest absolute Gasteiger partial charge is 0.299 e. The van der Waals surface area contributed by atoms with Crippen LogP contribution in [-0.2, 0) is 16.4 Å². The standard InChI is InChI=1S/C19H18O5S/c1-19(2,3)13-6-4-12(5-7-13)16-11-23-17-10-14(24-25(21)22)8-9-15(17)18(16)20/h4-11,25H,1-3H3. The van der Waals surface area contributed by atoms with Gasteiger partial charge in [0.05, 0.1) is 10.9 Å². The van der Waals surface area contributed by atoms with Gasteiger partial charge in [0, 0.05) is 6.07 Å². The van der Waals surface area contributed by atoms with Crippen molar-refractivity contribution in [1.29, 1.82) is 0 Å². The molecule has 0 amide bonds. The van der Waals surface area contributed by atoms with E-state index in [2.05, 4.69) is 25.0 Å². The van der Waals surface area contributed by atoms with Crippen LogP contribution in [0.15, 0.2) is 57.9 Å². The van der Waals surface area contributed by atoms with E-state index in [1.807, 2.05) is 24.3 Å². The molecule has 5 nitrogen and oxygen atoms in total.